The number of carbonyl (C=O) groups is 2. The number of amides is 3. The van der Waals surface area contributed by atoms with Gasteiger partial charge in [-0.3, -0.25) is 15.0 Å². The van der Waals surface area contributed by atoms with Crippen molar-refractivity contribution in [3.8, 4) is 0 Å². The molecule has 3 aliphatic heterocycles. The number of urea groups is 1. The van der Waals surface area contributed by atoms with E-state index >= 15 is 0 Å². The topological polar surface area (TPSA) is 67.9 Å². The van der Waals surface area contributed by atoms with E-state index in [1.807, 2.05) is 5.32 Å². The van der Waals surface area contributed by atoms with Crippen LogP contribution in [-0.4, -0.2) is 53.3 Å². The van der Waals surface area contributed by atoms with Crippen LogP contribution < -0.4 is 5.32 Å². The number of imide groups is 1. The minimum Gasteiger partial charge on any atom is -0.351 e. The molecule has 0 unspecified atom stereocenters. The van der Waals surface area contributed by atoms with Gasteiger partial charge in [0.2, 0.25) is 6.17 Å². The lowest BCUT2D eigenvalue weighted by atomic mass is 10.2. The molecule has 8 heteroatoms. The Balaban J connectivity index is 1.92. The molecule has 3 rings (SSSR count). The fraction of sp³-hybridized carbons (Fsp3) is 0.750. The van der Waals surface area contributed by atoms with Crippen molar-refractivity contribution in [2.24, 2.45) is 0 Å². The molecule has 1 N–H and O–H groups in total. The molecule has 0 radical (unpaired) electrons. The molecule has 0 saturated carbocycles. The van der Waals surface area contributed by atoms with E-state index in [0.717, 1.165) is 4.90 Å². The van der Waals surface area contributed by atoms with Crippen molar-refractivity contribution in [1.82, 2.24) is 10.2 Å². The highest BCUT2D eigenvalue weighted by molar-refractivity contribution is 8.00. The molecular weight excluding hydrogens is 239 g/mol. The number of carbonyl (C=O) groups excluding carboxylic acids is 2. The van der Waals surface area contributed by atoms with Crippen LogP contribution in [0, 0.1) is 0 Å². The van der Waals surface area contributed by atoms with E-state index in [2.05, 4.69) is 0 Å². The van der Waals surface area contributed by atoms with E-state index < -0.39 is 30.6 Å². The van der Waals surface area contributed by atoms with Crippen molar-refractivity contribution < 1.29 is 23.5 Å². The summed E-state index contributed by atoms with van der Waals surface area (Å²) in [7, 11) is 0. The molecule has 16 heavy (non-hydrogen) atoms. The molecule has 3 heterocycles. The first-order valence-electron chi connectivity index (χ1n) is 4.83. The Morgan fingerprint density at radius 3 is 3.12 bits per heavy atom. The molecule has 3 fully saturated rings. The molecule has 3 amide bonds. The molecule has 88 valence electrons. The zero-order chi connectivity index (χ0) is 11.3. The second-order valence-electron chi connectivity index (χ2n) is 3.68. The lowest BCUT2D eigenvalue weighted by Crippen LogP contribution is -2.64. The van der Waals surface area contributed by atoms with Crippen molar-refractivity contribution in [1.29, 1.82) is 0 Å². The van der Waals surface area contributed by atoms with Gasteiger partial charge in [-0.2, -0.15) is 0 Å². The van der Waals surface area contributed by atoms with Gasteiger partial charge < -0.3 is 9.47 Å². The standard InChI is InChI=1S/C8H9FN2O4S/c9-5-6(12)10-8(13)11-3-2-16-4(15-3)1-14-7(5)11/h3-5,7H,1-2H2,(H,10,12,13)/t3-,4+,5-,7-/m0/s1. The lowest BCUT2D eigenvalue weighted by Gasteiger charge is -2.37. The molecule has 3 saturated heterocycles. The predicted octanol–water partition coefficient (Wildman–Crippen LogP) is -0.352. The van der Waals surface area contributed by atoms with Gasteiger partial charge in [-0.1, -0.05) is 0 Å². The van der Waals surface area contributed by atoms with E-state index in [1.165, 1.54) is 11.8 Å². The summed E-state index contributed by atoms with van der Waals surface area (Å²) < 4.78 is 24.3. The van der Waals surface area contributed by atoms with Gasteiger partial charge in [0.15, 0.2) is 6.23 Å². The van der Waals surface area contributed by atoms with E-state index in [-0.39, 0.29) is 12.0 Å². The fourth-order valence-electron chi connectivity index (χ4n) is 1.94. The van der Waals surface area contributed by atoms with Crippen molar-refractivity contribution in [3.63, 3.8) is 0 Å². The van der Waals surface area contributed by atoms with Crippen molar-refractivity contribution in [3.05, 3.63) is 0 Å². The summed E-state index contributed by atoms with van der Waals surface area (Å²) in [4.78, 5) is 23.8. The third kappa shape index (κ3) is 1.40. The van der Waals surface area contributed by atoms with Crippen molar-refractivity contribution in [2.75, 3.05) is 12.4 Å². The molecule has 3 aliphatic rings. The molecule has 0 aromatic carbocycles. The Bertz CT molecular complexity index is 355. The smallest absolute Gasteiger partial charge is 0.328 e. The molecule has 4 atom stereocenters. The van der Waals surface area contributed by atoms with Crippen LogP contribution >= 0.6 is 11.8 Å². The Morgan fingerprint density at radius 2 is 2.31 bits per heavy atom. The Morgan fingerprint density at radius 1 is 1.50 bits per heavy atom. The normalized spacial score (nSPS) is 42.7. The van der Waals surface area contributed by atoms with Crippen molar-refractivity contribution >= 4 is 23.7 Å². The van der Waals surface area contributed by atoms with Crippen LogP contribution in [-0.2, 0) is 14.3 Å². The van der Waals surface area contributed by atoms with Gasteiger partial charge >= 0.3 is 6.03 Å². The second kappa shape index (κ2) is 3.57. The Labute approximate surface area is 94.4 Å². The molecule has 0 aromatic heterocycles. The van der Waals surface area contributed by atoms with E-state index in [9.17, 15) is 14.0 Å². The SMILES string of the molecule is O=C1NC(=O)N2[C@@H]3CS[C@H](CO[C@H]2[C@H]1F)O3. The van der Waals surface area contributed by atoms with Gasteiger partial charge in [0.05, 0.1) is 6.61 Å². The van der Waals surface area contributed by atoms with Gasteiger partial charge in [-0.05, 0) is 0 Å². The maximum absolute atomic E-state index is 13.6. The third-order valence-electron chi connectivity index (χ3n) is 2.69. The lowest BCUT2D eigenvalue weighted by molar-refractivity contribution is -0.148. The zero-order valence-corrected chi connectivity index (χ0v) is 8.91. The van der Waals surface area contributed by atoms with E-state index in [0.29, 0.717) is 5.75 Å². The first kappa shape index (κ1) is 10.3. The molecule has 0 aliphatic carbocycles. The van der Waals surface area contributed by atoms with Gasteiger partial charge in [0.25, 0.3) is 5.91 Å². The second-order valence-corrected chi connectivity index (χ2v) is 4.87. The number of rotatable bonds is 0. The van der Waals surface area contributed by atoms with Crippen molar-refractivity contribution in [2.45, 2.75) is 24.1 Å². The highest BCUT2D eigenvalue weighted by atomic mass is 32.2. The largest absolute Gasteiger partial charge is 0.351 e. The van der Waals surface area contributed by atoms with Crippen LogP contribution in [0.5, 0.6) is 0 Å². The molecule has 6 nitrogen and oxygen atoms in total. The molecule has 2 bridgehead atoms. The van der Waals surface area contributed by atoms with Gasteiger partial charge in [-0.25, -0.2) is 9.18 Å². The maximum Gasteiger partial charge on any atom is 0.328 e. The monoisotopic (exact) mass is 248 g/mol. The van der Waals surface area contributed by atoms with Gasteiger partial charge in [0.1, 0.15) is 11.7 Å². The number of fused-ring (bicyclic) bond motifs is 4. The number of thioether (sulfide) groups is 1. The number of alkyl halides is 1. The van der Waals surface area contributed by atoms with Crippen LogP contribution in [0.2, 0.25) is 0 Å². The zero-order valence-electron chi connectivity index (χ0n) is 8.09. The average Bonchev–Trinajstić information content (AvgIpc) is 2.58. The fourth-order valence-corrected chi connectivity index (χ4v) is 2.94. The maximum atomic E-state index is 13.6. The number of nitrogens with one attached hydrogen (secondary N) is 1. The summed E-state index contributed by atoms with van der Waals surface area (Å²) in [6.07, 6.45) is -3.53. The predicted molar refractivity (Wildman–Crippen MR) is 51.1 cm³/mol. The number of ether oxygens (including phenoxy) is 2. The first-order valence-corrected chi connectivity index (χ1v) is 5.87. The van der Waals surface area contributed by atoms with Gasteiger partial charge in [0, 0.05) is 5.75 Å². The van der Waals surface area contributed by atoms with Crippen LogP contribution in [0.15, 0.2) is 0 Å². The molecule has 0 spiro atoms. The minimum atomic E-state index is -1.86. The van der Waals surface area contributed by atoms with E-state index in [4.69, 9.17) is 9.47 Å². The van der Waals surface area contributed by atoms with Crippen LogP contribution in [0.1, 0.15) is 0 Å². The molecular formula is C8H9FN2O4S. The number of hydrogen-bond acceptors (Lipinski definition) is 5. The summed E-state index contributed by atoms with van der Waals surface area (Å²) in [6, 6.07) is -0.656. The molecule has 0 aromatic rings. The number of hydrogen-bond donors (Lipinski definition) is 1. The quantitative estimate of drug-likeness (QED) is 0.634. The van der Waals surface area contributed by atoms with Gasteiger partial charge in [-0.15, -0.1) is 11.8 Å². The Kier molecular flexibility index (Phi) is 2.30. The first-order chi connectivity index (χ1) is 7.66. The number of halogens is 1. The minimum absolute atomic E-state index is 0.184. The third-order valence-corrected chi connectivity index (χ3v) is 3.78. The highest BCUT2D eigenvalue weighted by Gasteiger charge is 2.50. The average molecular weight is 248 g/mol. The summed E-state index contributed by atoms with van der Waals surface area (Å²) in [6.45, 7) is 0.184. The summed E-state index contributed by atoms with van der Waals surface area (Å²) in [5, 5.41) is 1.94. The van der Waals surface area contributed by atoms with E-state index in [1.54, 1.807) is 0 Å². The summed E-state index contributed by atoms with van der Waals surface area (Å²) in [5.41, 5.74) is -0.189. The Hall–Kier alpha value is -0.860. The van der Waals surface area contributed by atoms with Crippen LogP contribution in [0.3, 0.4) is 0 Å². The van der Waals surface area contributed by atoms with Crippen LogP contribution in [0.25, 0.3) is 0 Å². The number of nitrogens with zero attached hydrogens (tertiary/aromatic N) is 1. The summed E-state index contributed by atoms with van der Waals surface area (Å²) in [5.74, 6) is -0.379. The van der Waals surface area contributed by atoms with Crippen LogP contribution in [0.4, 0.5) is 9.18 Å². The highest BCUT2D eigenvalue weighted by Crippen LogP contribution is 2.34. The summed E-state index contributed by atoms with van der Waals surface area (Å²) >= 11 is 1.51.